The van der Waals surface area contributed by atoms with Crippen molar-refractivity contribution in [3.63, 3.8) is 0 Å². The fraction of sp³-hybridized carbons (Fsp3) is 0.391. The fourth-order valence-electron chi connectivity index (χ4n) is 3.16. The van der Waals surface area contributed by atoms with Gasteiger partial charge < -0.3 is 20.1 Å². The zero-order valence-electron chi connectivity index (χ0n) is 19.2. The summed E-state index contributed by atoms with van der Waals surface area (Å²) >= 11 is 1.02. The molecule has 9 nitrogen and oxygen atoms in total. The quantitative estimate of drug-likeness (QED) is 0.480. The van der Waals surface area contributed by atoms with Crippen molar-refractivity contribution in [3.8, 4) is 0 Å². The number of nitrogens with zero attached hydrogens (tertiary/aromatic N) is 1. The minimum atomic E-state index is -0.608. The van der Waals surface area contributed by atoms with Crippen LogP contribution in [-0.2, 0) is 25.6 Å². The summed E-state index contributed by atoms with van der Waals surface area (Å²) in [5.41, 5.74) is 1.59. The summed E-state index contributed by atoms with van der Waals surface area (Å²) in [7, 11) is 2.81. The van der Waals surface area contributed by atoms with Gasteiger partial charge >= 0.3 is 11.9 Å². The van der Waals surface area contributed by atoms with E-state index in [1.165, 1.54) is 14.2 Å². The maximum Gasteiger partial charge on any atom is 0.341 e. The number of carbonyl (C=O) groups excluding carboxylic acids is 4. The van der Waals surface area contributed by atoms with Crippen LogP contribution in [0.2, 0.25) is 0 Å². The van der Waals surface area contributed by atoms with Crippen LogP contribution in [-0.4, -0.2) is 62.5 Å². The maximum absolute atomic E-state index is 12.9. The van der Waals surface area contributed by atoms with Gasteiger partial charge in [0.05, 0.1) is 37.1 Å². The van der Waals surface area contributed by atoms with E-state index >= 15 is 0 Å². The summed E-state index contributed by atoms with van der Waals surface area (Å²) < 4.78 is 9.83. The molecule has 0 aliphatic heterocycles. The Hall–Kier alpha value is -3.24. The predicted molar refractivity (Wildman–Crippen MR) is 125 cm³/mol. The molecule has 0 bridgehead atoms. The lowest BCUT2D eigenvalue weighted by molar-refractivity contribution is -0.141. The van der Waals surface area contributed by atoms with Crippen molar-refractivity contribution < 1.29 is 28.7 Å². The average molecular weight is 476 g/mol. The number of amides is 2. The minimum Gasteiger partial charge on any atom is -0.469 e. The topological polar surface area (TPSA) is 114 Å². The van der Waals surface area contributed by atoms with Crippen LogP contribution in [0.15, 0.2) is 30.3 Å². The van der Waals surface area contributed by atoms with E-state index in [2.05, 4.69) is 10.6 Å². The number of hydrogen-bond donors (Lipinski definition) is 2. The van der Waals surface area contributed by atoms with Gasteiger partial charge in [-0.25, -0.2) is 4.79 Å². The van der Waals surface area contributed by atoms with E-state index in [0.717, 1.165) is 16.9 Å². The van der Waals surface area contributed by atoms with Crippen LogP contribution in [0.25, 0.3) is 0 Å². The van der Waals surface area contributed by atoms with E-state index in [1.807, 2.05) is 35.2 Å². The van der Waals surface area contributed by atoms with Crippen LogP contribution in [0, 0.1) is 6.92 Å². The average Bonchev–Trinajstić information content (AvgIpc) is 3.12. The van der Waals surface area contributed by atoms with Gasteiger partial charge in [0.2, 0.25) is 5.91 Å². The summed E-state index contributed by atoms with van der Waals surface area (Å²) in [4.78, 5) is 51.4. The Morgan fingerprint density at radius 1 is 1.12 bits per heavy atom. The van der Waals surface area contributed by atoms with Crippen molar-refractivity contribution in [3.05, 3.63) is 51.9 Å². The Balaban J connectivity index is 2.23. The van der Waals surface area contributed by atoms with Crippen molar-refractivity contribution in [2.24, 2.45) is 0 Å². The molecule has 1 aromatic carbocycles. The molecule has 2 N–H and O–H groups in total. The predicted octanol–water partition coefficient (Wildman–Crippen LogP) is 2.60. The Kier molecular flexibility index (Phi) is 10.0. The van der Waals surface area contributed by atoms with Crippen LogP contribution >= 0.6 is 11.3 Å². The second-order valence-electron chi connectivity index (χ2n) is 7.13. The van der Waals surface area contributed by atoms with Crippen LogP contribution in [0.5, 0.6) is 0 Å². The largest absolute Gasteiger partial charge is 0.469 e. The minimum absolute atomic E-state index is 0.0274. The number of nitrogens with one attached hydrogen (secondary N) is 2. The van der Waals surface area contributed by atoms with Gasteiger partial charge in [0.25, 0.3) is 5.91 Å². The first-order valence-electron chi connectivity index (χ1n) is 10.5. The lowest BCUT2D eigenvalue weighted by atomic mass is 10.1. The Bertz CT molecular complexity index is 990. The van der Waals surface area contributed by atoms with Gasteiger partial charge in [0.1, 0.15) is 5.00 Å². The number of esters is 2. The number of methoxy groups -OCH3 is 1. The molecular formula is C23H29N3O6S. The molecule has 2 amide bonds. The molecule has 0 aliphatic rings. The van der Waals surface area contributed by atoms with Gasteiger partial charge in [0, 0.05) is 20.1 Å². The zero-order chi connectivity index (χ0) is 24.4. The first-order chi connectivity index (χ1) is 15.8. The molecule has 178 valence electrons. The highest BCUT2D eigenvalue weighted by Gasteiger charge is 2.26. The summed E-state index contributed by atoms with van der Waals surface area (Å²) in [6, 6.07) is 9.55. The van der Waals surface area contributed by atoms with E-state index in [1.54, 1.807) is 13.8 Å². The molecular weight excluding hydrogens is 446 g/mol. The second kappa shape index (κ2) is 12.7. The number of benzene rings is 1. The lowest BCUT2D eigenvalue weighted by Gasteiger charge is -2.21. The smallest absolute Gasteiger partial charge is 0.341 e. The number of ether oxygens (including phenoxy) is 2. The SMILES string of the molecule is CCOC(=O)c1c(NC(=O)CN(CCC(=O)OC)Cc2ccccc2)sc(C(=O)NC)c1C. The molecule has 2 rings (SSSR count). The summed E-state index contributed by atoms with van der Waals surface area (Å²) in [5, 5.41) is 5.53. The van der Waals surface area contributed by atoms with E-state index < -0.39 is 5.97 Å². The Morgan fingerprint density at radius 3 is 2.42 bits per heavy atom. The number of anilines is 1. The lowest BCUT2D eigenvalue weighted by Crippen LogP contribution is -2.34. The first-order valence-corrected chi connectivity index (χ1v) is 11.3. The van der Waals surface area contributed by atoms with Crippen LogP contribution in [0.3, 0.4) is 0 Å². The monoisotopic (exact) mass is 475 g/mol. The third kappa shape index (κ3) is 7.40. The summed E-state index contributed by atoms with van der Waals surface area (Å²) in [6.07, 6.45) is 0.129. The number of thiophene rings is 1. The molecule has 10 heteroatoms. The van der Waals surface area contributed by atoms with Gasteiger partial charge in [-0.1, -0.05) is 30.3 Å². The number of hydrogen-bond acceptors (Lipinski definition) is 8. The van der Waals surface area contributed by atoms with Gasteiger partial charge in [0.15, 0.2) is 0 Å². The molecule has 0 spiro atoms. The second-order valence-corrected chi connectivity index (χ2v) is 8.15. The summed E-state index contributed by atoms with van der Waals surface area (Å²) in [5.74, 6) is -1.72. The molecule has 0 saturated carbocycles. The van der Waals surface area contributed by atoms with Crippen molar-refractivity contribution in [1.82, 2.24) is 10.2 Å². The van der Waals surface area contributed by atoms with E-state index in [4.69, 9.17) is 9.47 Å². The van der Waals surface area contributed by atoms with Crippen molar-refractivity contribution in [1.29, 1.82) is 0 Å². The van der Waals surface area contributed by atoms with Gasteiger partial charge in [-0.2, -0.15) is 0 Å². The van der Waals surface area contributed by atoms with Crippen molar-refractivity contribution >= 4 is 40.1 Å². The van der Waals surface area contributed by atoms with Crippen LogP contribution in [0.1, 0.15) is 44.5 Å². The molecule has 0 unspecified atom stereocenters. The number of rotatable bonds is 11. The zero-order valence-corrected chi connectivity index (χ0v) is 20.0. The van der Waals surface area contributed by atoms with Crippen molar-refractivity contribution in [2.75, 3.05) is 39.2 Å². The molecule has 0 radical (unpaired) electrons. The Morgan fingerprint density at radius 2 is 1.82 bits per heavy atom. The third-order valence-corrected chi connectivity index (χ3v) is 5.99. The van der Waals surface area contributed by atoms with E-state index in [9.17, 15) is 19.2 Å². The van der Waals surface area contributed by atoms with Crippen molar-refractivity contribution in [2.45, 2.75) is 26.8 Å². The summed E-state index contributed by atoms with van der Waals surface area (Å²) in [6.45, 7) is 4.21. The molecule has 33 heavy (non-hydrogen) atoms. The molecule has 0 aliphatic carbocycles. The Labute approximate surface area is 197 Å². The number of carbonyl (C=O) groups is 4. The molecule has 0 saturated heterocycles. The molecule has 0 fully saturated rings. The highest BCUT2D eigenvalue weighted by atomic mass is 32.1. The van der Waals surface area contributed by atoms with Gasteiger partial charge in [-0.3, -0.25) is 19.3 Å². The maximum atomic E-state index is 12.9. The van der Waals surface area contributed by atoms with E-state index in [0.29, 0.717) is 23.5 Å². The third-order valence-electron chi connectivity index (χ3n) is 4.79. The normalized spacial score (nSPS) is 10.6. The highest BCUT2D eigenvalue weighted by molar-refractivity contribution is 7.18. The van der Waals surface area contributed by atoms with Crippen LogP contribution in [0.4, 0.5) is 5.00 Å². The standard InChI is InChI=1S/C23H29N3O6S/c1-5-32-23(30)19-15(2)20(21(29)24-3)33-22(19)25-17(27)14-26(12-11-18(28)31-4)13-16-9-7-6-8-10-16/h6-10H,5,11-14H2,1-4H3,(H,24,29)(H,25,27). The molecule has 1 aromatic heterocycles. The molecule has 1 heterocycles. The van der Waals surface area contributed by atoms with Crippen LogP contribution < -0.4 is 10.6 Å². The van der Waals surface area contributed by atoms with Gasteiger partial charge in [-0.15, -0.1) is 11.3 Å². The fourth-order valence-corrected chi connectivity index (χ4v) is 4.31. The highest BCUT2D eigenvalue weighted by Crippen LogP contribution is 2.33. The van der Waals surface area contributed by atoms with Gasteiger partial charge in [-0.05, 0) is 25.0 Å². The first kappa shape index (κ1) is 26.0. The molecule has 2 aromatic rings. The molecule has 0 atom stereocenters. The van der Waals surface area contributed by atoms with E-state index in [-0.39, 0.29) is 47.9 Å².